The normalized spacial score (nSPS) is 9.09. The Labute approximate surface area is 125 Å². The number of pyridine rings is 2. The minimum Gasteiger partial charge on any atom is -0.412 e. The van der Waals surface area contributed by atoms with E-state index in [1.807, 2.05) is 0 Å². The van der Waals surface area contributed by atoms with Gasteiger partial charge >= 0.3 is 0 Å². The van der Waals surface area contributed by atoms with Crippen LogP contribution in [0.2, 0.25) is 0 Å². The zero-order chi connectivity index (χ0) is 15.1. The minimum atomic E-state index is -0.885. The molecule has 22 heavy (non-hydrogen) atoms. The molecule has 0 aliphatic carbocycles. The Morgan fingerprint density at radius 2 is 1.36 bits per heavy atom. The van der Waals surface area contributed by atoms with Crippen LogP contribution in [0.1, 0.15) is 0 Å². The number of hydrogen-bond donors (Lipinski definition) is 3. The molecular formula is C13H13N5O4. The number of aromatic nitrogens is 2. The quantitative estimate of drug-likeness (QED) is 0.316. The zero-order valence-corrected chi connectivity index (χ0v) is 11.2. The fourth-order valence-electron chi connectivity index (χ4n) is 1.42. The van der Waals surface area contributed by atoms with Gasteiger partial charge in [-0.3, -0.25) is 9.59 Å². The van der Waals surface area contributed by atoms with Gasteiger partial charge in [-0.05, 0) is 24.3 Å². The molecule has 0 aliphatic heterocycles. The van der Waals surface area contributed by atoms with Gasteiger partial charge in [0.05, 0.1) is 0 Å². The number of hydrogen-bond acceptors (Lipinski definition) is 6. The number of rotatable bonds is 4. The molecule has 2 aromatic rings. The Bertz CT molecular complexity index is 605. The van der Waals surface area contributed by atoms with E-state index in [9.17, 15) is 9.59 Å². The molecule has 2 aromatic heterocycles. The predicted molar refractivity (Wildman–Crippen MR) is 78.6 cm³/mol. The second-order valence-electron chi connectivity index (χ2n) is 3.79. The average Bonchev–Trinajstić information content (AvgIpc) is 2.50. The molecule has 9 nitrogen and oxygen atoms in total. The van der Waals surface area contributed by atoms with Crippen molar-refractivity contribution in [1.29, 1.82) is 0 Å². The number of nitrogens with one attached hydrogen (secondary N) is 2. The van der Waals surface area contributed by atoms with Crippen LogP contribution < -0.4 is 10.6 Å². The molecule has 0 spiro atoms. The monoisotopic (exact) mass is 303 g/mol. The summed E-state index contributed by atoms with van der Waals surface area (Å²) in [5.74, 6) is -1.31. The Morgan fingerprint density at radius 3 is 1.68 bits per heavy atom. The van der Waals surface area contributed by atoms with Crippen molar-refractivity contribution >= 4 is 29.2 Å². The van der Waals surface area contributed by atoms with Gasteiger partial charge in [-0.2, -0.15) is 0 Å². The first-order valence-electron chi connectivity index (χ1n) is 5.87. The first-order chi connectivity index (χ1) is 10.2. The molecule has 0 aliphatic rings. The third-order valence-electron chi connectivity index (χ3n) is 2.34. The van der Waals surface area contributed by atoms with E-state index >= 15 is 0 Å². The Morgan fingerprint density at radius 1 is 0.909 bits per heavy atom. The van der Waals surface area contributed by atoms with Crippen LogP contribution in [0.5, 0.6) is 0 Å². The van der Waals surface area contributed by atoms with Crippen molar-refractivity contribution in [2.75, 3.05) is 10.6 Å². The highest BCUT2D eigenvalue weighted by Gasteiger charge is 2.22. The molecule has 0 saturated heterocycles. The molecule has 0 aromatic carbocycles. The third-order valence-corrected chi connectivity index (χ3v) is 2.34. The van der Waals surface area contributed by atoms with Gasteiger partial charge in [0.25, 0.3) is 11.8 Å². The van der Waals surface area contributed by atoms with Crippen LogP contribution in [0.25, 0.3) is 0 Å². The summed E-state index contributed by atoms with van der Waals surface area (Å²) >= 11 is 0. The van der Waals surface area contributed by atoms with Gasteiger partial charge in [0.2, 0.25) is 5.71 Å². The molecule has 2 amide bonds. The van der Waals surface area contributed by atoms with Crippen molar-refractivity contribution in [1.82, 2.24) is 9.97 Å². The highest BCUT2D eigenvalue weighted by atomic mass is 16.4. The van der Waals surface area contributed by atoms with Crippen LogP contribution in [0.4, 0.5) is 11.6 Å². The van der Waals surface area contributed by atoms with Crippen molar-refractivity contribution in [2.45, 2.75) is 0 Å². The SMILES string of the molecule is O.O=C(Nc1ccccn1)C(=NO)C(=O)Nc1ccccn1. The maximum Gasteiger partial charge on any atom is 0.284 e. The summed E-state index contributed by atoms with van der Waals surface area (Å²) < 4.78 is 0. The van der Waals surface area contributed by atoms with E-state index < -0.39 is 17.5 Å². The number of carbonyl (C=O) groups is 2. The fourth-order valence-corrected chi connectivity index (χ4v) is 1.42. The lowest BCUT2D eigenvalue weighted by atomic mass is 10.3. The van der Waals surface area contributed by atoms with Gasteiger partial charge in [0.15, 0.2) is 0 Å². The van der Waals surface area contributed by atoms with E-state index in [1.54, 1.807) is 24.3 Å². The molecule has 9 heteroatoms. The lowest BCUT2D eigenvalue weighted by molar-refractivity contribution is -0.114. The highest BCUT2D eigenvalue weighted by molar-refractivity contribution is 6.68. The van der Waals surface area contributed by atoms with Crippen LogP contribution in [0.3, 0.4) is 0 Å². The van der Waals surface area contributed by atoms with Crippen molar-refractivity contribution in [2.24, 2.45) is 5.16 Å². The number of nitrogens with zero attached hydrogens (tertiary/aromatic N) is 3. The van der Waals surface area contributed by atoms with Gasteiger partial charge in [0.1, 0.15) is 11.6 Å². The van der Waals surface area contributed by atoms with Crippen molar-refractivity contribution in [3.63, 3.8) is 0 Å². The van der Waals surface area contributed by atoms with Gasteiger partial charge in [-0.25, -0.2) is 9.97 Å². The number of anilines is 2. The number of amides is 2. The van der Waals surface area contributed by atoms with Crippen molar-refractivity contribution in [3.05, 3.63) is 48.8 Å². The lowest BCUT2D eigenvalue weighted by Gasteiger charge is -2.06. The van der Waals surface area contributed by atoms with Crippen LogP contribution in [0.15, 0.2) is 53.9 Å². The molecular weight excluding hydrogens is 290 g/mol. The van der Waals surface area contributed by atoms with Gasteiger partial charge in [0, 0.05) is 12.4 Å². The van der Waals surface area contributed by atoms with Crippen molar-refractivity contribution < 1.29 is 20.3 Å². The van der Waals surface area contributed by atoms with Gasteiger partial charge in [-0.1, -0.05) is 17.3 Å². The standard InChI is InChI=1S/C13H11N5O3.H2O/c19-12(16-9-5-1-3-7-14-9)11(18-21)13(20)17-10-6-2-4-8-15-10;/h1-8,21H,(H,14,16,19)(H,15,17,20);1H2. The molecule has 0 fully saturated rings. The van der Waals surface area contributed by atoms with Crippen LogP contribution in [0, 0.1) is 0 Å². The molecule has 2 rings (SSSR count). The van der Waals surface area contributed by atoms with E-state index in [-0.39, 0.29) is 17.1 Å². The predicted octanol–water partition coefficient (Wildman–Crippen LogP) is 0.0593. The smallest absolute Gasteiger partial charge is 0.284 e. The molecule has 0 atom stereocenters. The topological polar surface area (TPSA) is 148 Å². The molecule has 0 saturated carbocycles. The Hall–Kier alpha value is -3.33. The summed E-state index contributed by atoms with van der Waals surface area (Å²) in [5, 5.41) is 16.2. The second-order valence-corrected chi connectivity index (χ2v) is 3.79. The third kappa shape index (κ3) is 4.35. The molecule has 2 heterocycles. The summed E-state index contributed by atoms with van der Waals surface area (Å²) in [4.78, 5) is 31.4. The molecule has 0 radical (unpaired) electrons. The lowest BCUT2D eigenvalue weighted by Crippen LogP contribution is -2.34. The maximum absolute atomic E-state index is 11.9. The van der Waals surface area contributed by atoms with Gasteiger partial charge < -0.3 is 21.3 Å². The van der Waals surface area contributed by atoms with E-state index in [0.717, 1.165) is 0 Å². The minimum absolute atomic E-state index is 0. The Balaban J connectivity index is 0.00000242. The summed E-state index contributed by atoms with van der Waals surface area (Å²) in [6.07, 6.45) is 2.94. The molecule has 0 unspecified atom stereocenters. The molecule has 0 bridgehead atoms. The maximum atomic E-state index is 11.9. The van der Waals surface area contributed by atoms with Crippen LogP contribution >= 0.6 is 0 Å². The summed E-state index contributed by atoms with van der Waals surface area (Å²) in [6, 6.07) is 9.72. The largest absolute Gasteiger partial charge is 0.412 e. The summed E-state index contributed by atoms with van der Waals surface area (Å²) in [5.41, 5.74) is -0.702. The van der Waals surface area contributed by atoms with E-state index in [2.05, 4.69) is 25.8 Å². The zero-order valence-electron chi connectivity index (χ0n) is 11.2. The summed E-state index contributed by atoms with van der Waals surface area (Å²) in [6.45, 7) is 0. The Kier molecular flexibility index (Phi) is 6.13. The first-order valence-corrected chi connectivity index (χ1v) is 5.87. The van der Waals surface area contributed by atoms with Gasteiger partial charge in [-0.15, -0.1) is 0 Å². The first kappa shape index (κ1) is 16.7. The molecule has 114 valence electrons. The number of oxime groups is 1. The number of carbonyl (C=O) groups excluding carboxylic acids is 2. The van der Waals surface area contributed by atoms with Crippen molar-refractivity contribution in [3.8, 4) is 0 Å². The van der Waals surface area contributed by atoms with E-state index in [1.165, 1.54) is 24.5 Å². The van der Waals surface area contributed by atoms with E-state index in [4.69, 9.17) is 5.21 Å². The fraction of sp³-hybridized carbons (Fsp3) is 0. The summed E-state index contributed by atoms with van der Waals surface area (Å²) in [7, 11) is 0. The molecule has 5 N–H and O–H groups in total. The average molecular weight is 303 g/mol. The van der Waals surface area contributed by atoms with Crippen LogP contribution in [-0.2, 0) is 9.59 Å². The highest BCUT2D eigenvalue weighted by Crippen LogP contribution is 2.03. The van der Waals surface area contributed by atoms with E-state index in [0.29, 0.717) is 0 Å². The second kappa shape index (κ2) is 8.07. The van der Waals surface area contributed by atoms with Crippen LogP contribution in [-0.4, -0.2) is 38.2 Å².